The fourth-order valence-corrected chi connectivity index (χ4v) is 1.56. The van der Waals surface area contributed by atoms with E-state index in [-0.39, 0.29) is 5.69 Å². The molecule has 0 fully saturated rings. The van der Waals surface area contributed by atoms with Crippen LogP contribution in [0.25, 0.3) is 0 Å². The molecule has 1 amide bonds. The summed E-state index contributed by atoms with van der Waals surface area (Å²) >= 11 is 0. The second-order valence-corrected chi connectivity index (χ2v) is 4.32. The summed E-state index contributed by atoms with van der Waals surface area (Å²) < 4.78 is 37.5. The summed E-state index contributed by atoms with van der Waals surface area (Å²) in [5.41, 5.74) is 4.95. The van der Waals surface area contributed by atoms with Gasteiger partial charge in [-0.25, -0.2) is 0 Å². The van der Waals surface area contributed by atoms with Gasteiger partial charge in [-0.05, 0) is 24.6 Å². The maximum absolute atomic E-state index is 12.5. The van der Waals surface area contributed by atoms with Gasteiger partial charge in [-0.15, -0.1) is 0 Å². The molecule has 1 atom stereocenters. The first-order valence-corrected chi connectivity index (χ1v) is 6.08. The Morgan fingerprint density at radius 3 is 2.68 bits per heavy atom. The topological polar surface area (TPSA) is 55.1 Å². The van der Waals surface area contributed by atoms with Crippen molar-refractivity contribution in [2.45, 2.75) is 38.4 Å². The van der Waals surface area contributed by atoms with Crippen LogP contribution in [0.2, 0.25) is 0 Å². The number of rotatable bonds is 5. The minimum Gasteiger partial charge on any atom is -0.325 e. The van der Waals surface area contributed by atoms with Gasteiger partial charge in [-0.2, -0.15) is 13.2 Å². The van der Waals surface area contributed by atoms with Crippen molar-refractivity contribution < 1.29 is 18.0 Å². The molecule has 0 aliphatic heterocycles. The van der Waals surface area contributed by atoms with E-state index in [1.807, 2.05) is 6.92 Å². The van der Waals surface area contributed by atoms with Crippen molar-refractivity contribution in [1.82, 2.24) is 0 Å². The number of benzene rings is 1. The van der Waals surface area contributed by atoms with Crippen molar-refractivity contribution in [1.29, 1.82) is 0 Å². The average molecular weight is 274 g/mol. The smallest absolute Gasteiger partial charge is 0.325 e. The van der Waals surface area contributed by atoms with Gasteiger partial charge in [-0.1, -0.05) is 25.8 Å². The maximum atomic E-state index is 12.5. The molecule has 0 bridgehead atoms. The van der Waals surface area contributed by atoms with Gasteiger partial charge in [-0.3, -0.25) is 4.79 Å². The van der Waals surface area contributed by atoms with E-state index >= 15 is 0 Å². The van der Waals surface area contributed by atoms with Crippen molar-refractivity contribution >= 4 is 11.6 Å². The second kappa shape index (κ2) is 6.56. The normalized spacial score (nSPS) is 13.1. The van der Waals surface area contributed by atoms with E-state index in [2.05, 4.69) is 5.32 Å². The highest BCUT2D eigenvalue weighted by atomic mass is 19.4. The number of nitrogens with one attached hydrogen (secondary N) is 1. The van der Waals surface area contributed by atoms with Crippen LogP contribution < -0.4 is 11.1 Å². The van der Waals surface area contributed by atoms with Gasteiger partial charge >= 0.3 is 6.18 Å². The molecule has 0 aliphatic rings. The highest BCUT2D eigenvalue weighted by Gasteiger charge is 2.30. The molecule has 3 N–H and O–H groups in total. The Balaban J connectivity index is 2.69. The number of anilines is 1. The van der Waals surface area contributed by atoms with Crippen LogP contribution in [-0.4, -0.2) is 11.9 Å². The van der Waals surface area contributed by atoms with Crippen molar-refractivity contribution in [2.75, 3.05) is 5.32 Å². The molecule has 1 aromatic carbocycles. The molecule has 106 valence electrons. The van der Waals surface area contributed by atoms with Crippen LogP contribution in [0.5, 0.6) is 0 Å². The van der Waals surface area contributed by atoms with Crippen LogP contribution in [0.3, 0.4) is 0 Å². The minimum absolute atomic E-state index is 0.103. The number of halogens is 3. The van der Waals surface area contributed by atoms with Crippen LogP contribution in [0.4, 0.5) is 18.9 Å². The molecule has 0 saturated heterocycles. The van der Waals surface area contributed by atoms with Crippen molar-refractivity contribution in [3.8, 4) is 0 Å². The third-order valence-corrected chi connectivity index (χ3v) is 2.66. The lowest BCUT2D eigenvalue weighted by molar-refractivity contribution is -0.137. The molecule has 0 aliphatic carbocycles. The molecular formula is C13H17F3N2O. The van der Waals surface area contributed by atoms with E-state index < -0.39 is 23.7 Å². The average Bonchev–Trinajstić information content (AvgIpc) is 2.35. The van der Waals surface area contributed by atoms with Crippen molar-refractivity contribution in [2.24, 2.45) is 5.73 Å². The first-order chi connectivity index (χ1) is 8.84. The van der Waals surface area contributed by atoms with Gasteiger partial charge in [0.15, 0.2) is 0 Å². The zero-order chi connectivity index (χ0) is 14.5. The summed E-state index contributed by atoms with van der Waals surface area (Å²) in [5.74, 6) is -0.465. The summed E-state index contributed by atoms with van der Waals surface area (Å²) in [5, 5.41) is 2.40. The molecule has 0 aromatic heterocycles. The van der Waals surface area contributed by atoms with E-state index in [1.54, 1.807) is 0 Å². The number of hydrogen-bond acceptors (Lipinski definition) is 2. The Hall–Kier alpha value is -1.56. The number of nitrogens with two attached hydrogens (primary N) is 1. The first-order valence-electron chi connectivity index (χ1n) is 6.08. The first kappa shape index (κ1) is 15.5. The molecule has 0 radical (unpaired) electrons. The Morgan fingerprint density at radius 1 is 1.42 bits per heavy atom. The molecule has 0 unspecified atom stereocenters. The van der Waals surface area contributed by atoms with Gasteiger partial charge in [0.1, 0.15) is 0 Å². The fraction of sp³-hybridized carbons (Fsp3) is 0.462. The van der Waals surface area contributed by atoms with E-state index in [4.69, 9.17) is 5.73 Å². The zero-order valence-electron chi connectivity index (χ0n) is 10.6. The van der Waals surface area contributed by atoms with Crippen LogP contribution >= 0.6 is 0 Å². The second-order valence-electron chi connectivity index (χ2n) is 4.32. The highest BCUT2D eigenvalue weighted by Crippen LogP contribution is 2.30. The summed E-state index contributed by atoms with van der Waals surface area (Å²) in [6, 6.07) is 3.79. The van der Waals surface area contributed by atoms with Crippen LogP contribution in [0.1, 0.15) is 31.7 Å². The van der Waals surface area contributed by atoms with Crippen LogP contribution in [0.15, 0.2) is 24.3 Å². The SMILES string of the molecule is CCCC[C@H](N)C(=O)Nc1cccc(C(F)(F)F)c1. The van der Waals surface area contributed by atoms with Crippen LogP contribution in [-0.2, 0) is 11.0 Å². The number of unbranched alkanes of at least 4 members (excludes halogenated alkanes) is 1. The Morgan fingerprint density at radius 2 is 2.11 bits per heavy atom. The summed E-state index contributed by atoms with van der Waals surface area (Å²) in [4.78, 5) is 11.7. The van der Waals surface area contributed by atoms with Crippen molar-refractivity contribution in [3.05, 3.63) is 29.8 Å². The fourth-order valence-electron chi connectivity index (χ4n) is 1.56. The van der Waals surface area contributed by atoms with E-state index in [0.29, 0.717) is 6.42 Å². The molecule has 0 saturated carbocycles. The summed E-state index contributed by atoms with van der Waals surface area (Å²) in [6.07, 6.45) is -2.20. The molecule has 6 heteroatoms. The maximum Gasteiger partial charge on any atom is 0.416 e. The molecule has 19 heavy (non-hydrogen) atoms. The molecule has 3 nitrogen and oxygen atoms in total. The number of carbonyl (C=O) groups excluding carboxylic acids is 1. The Labute approximate surface area is 110 Å². The summed E-state index contributed by atoms with van der Waals surface area (Å²) in [6.45, 7) is 1.97. The number of carbonyl (C=O) groups is 1. The Kier molecular flexibility index (Phi) is 5.35. The zero-order valence-corrected chi connectivity index (χ0v) is 10.6. The molecule has 1 aromatic rings. The molecule has 0 heterocycles. The minimum atomic E-state index is -4.43. The van der Waals surface area contributed by atoms with E-state index in [0.717, 1.165) is 25.0 Å². The lowest BCUT2D eigenvalue weighted by Crippen LogP contribution is -2.35. The highest BCUT2D eigenvalue weighted by molar-refractivity contribution is 5.94. The summed E-state index contributed by atoms with van der Waals surface area (Å²) in [7, 11) is 0. The van der Waals surface area contributed by atoms with Gasteiger partial charge in [0, 0.05) is 5.69 Å². The van der Waals surface area contributed by atoms with E-state index in [9.17, 15) is 18.0 Å². The number of hydrogen-bond donors (Lipinski definition) is 2. The van der Waals surface area contributed by atoms with Gasteiger partial charge < -0.3 is 11.1 Å². The van der Waals surface area contributed by atoms with E-state index in [1.165, 1.54) is 12.1 Å². The molecular weight excluding hydrogens is 257 g/mol. The monoisotopic (exact) mass is 274 g/mol. The third-order valence-electron chi connectivity index (χ3n) is 2.66. The van der Waals surface area contributed by atoms with Gasteiger partial charge in [0.05, 0.1) is 11.6 Å². The molecule has 1 rings (SSSR count). The number of alkyl halides is 3. The number of amides is 1. The van der Waals surface area contributed by atoms with Gasteiger partial charge in [0.25, 0.3) is 0 Å². The van der Waals surface area contributed by atoms with Gasteiger partial charge in [0.2, 0.25) is 5.91 Å². The van der Waals surface area contributed by atoms with Crippen molar-refractivity contribution in [3.63, 3.8) is 0 Å². The predicted octanol–water partition coefficient (Wildman–Crippen LogP) is 3.16. The predicted molar refractivity (Wildman–Crippen MR) is 67.6 cm³/mol. The lowest BCUT2D eigenvalue weighted by Gasteiger charge is -2.13. The molecule has 0 spiro atoms. The Bertz CT molecular complexity index is 432. The lowest BCUT2D eigenvalue weighted by atomic mass is 10.1. The standard InChI is InChI=1S/C13H17F3N2O/c1-2-3-7-11(17)12(19)18-10-6-4-5-9(8-10)13(14,15)16/h4-6,8,11H,2-3,7,17H2,1H3,(H,18,19)/t11-/m0/s1. The largest absolute Gasteiger partial charge is 0.416 e. The third kappa shape index (κ3) is 4.90. The van der Waals surface area contributed by atoms with Crippen LogP contribution in [0, 0.1) is 0 Å². The quantitative estimate of drug-likeness (QED) is 0.866.